The Morgan fingerprint density at radius 1 is 1.50 bits per heavy atom. The van der Waals surface area contributed by atoms with Gasteiger partial charge < -0.3 is 15.0 Å². The first-order valence-electron chi connectivity index (χ1n) is 8.32. The van der Waals surface area contributed by atoms with E-state index in [1.54, 1.807) is 6.20 Å². The van der Waals surface area contributed by atoms with Gasteiger partial charge in [-0.1, -0.05) is 23.8 Å². The summed E-state index contributed by atoms with van der Waals surface area (Å²) < 4.78 is 5.72. The molecule has 1 aromatic carbocycles. The van der Waals surface area contributed by atoms with Crippen molar-refractivity contribution >= 4 is 5.91 Å². The number of morpholine rings is 1. The van der Waals surface area contributed by atoms with E-state index in [1.807, 2.05) is 31.2 Å². The molecule has 0 bridgehead atoms. The van der Waals surface area contributed by atoms with Gasteiger partial charge in [0.2, 0.25) is 0 Å². The van der Waals surface area contributed by atoms with Gasteiger partial charge in [-0.25, -0.2) is 0 Å². The van der Waals surface area contributed by atoms with E-state index < -0.39 is 0 Å². The molecule has 1 amide bonds. The summed E-state index contributed by atoms with van der Waals surface area (Å²) in [5, 5.41) is 9.95. The number of ether oxygens (including phenoxy) is 1. The number of likely N-dealkylation sites (N-methyl/N-ethyl adjacent to an activating group) is 1. The molecule has 128 valence electrons. The molecule has 1 aromatic heterocycles. The third-order valence-electron chi connectivity index (χ3n) is 4.28. The summed E-state index contributed by atoms with van der Waals surface area (Å²) in [7, 11) is 2.09. The zero-order valence-electron chi connectivity index (χ0n) is 14.2. The Hall–Kier alpha value is -2.18. The molecule has 0 aliphatic carbocycles. The summed E-state index contributed by atoms with van der Waals surface area (Å²) in [4.78, 5) is 14.7. The van der Waals surface area contributed by atoms with Crippen molar-refractivity contribution in [1.82, 2.24) is 20.4 Å². The number of benzene rings is 1. The normalized spacial score (nSPS) is 18.5. The first-order valence-corrected chi connectivity index (χ1v) is 8.32. The number of carbonyl (C=O) groups excluding carboxylic acids is 1. The second-order valence-electron chi connectivity index (χ2n) is 6.33. The molecule has 1 aliphatic rings. The Morgan fingerprint density at radius 2 is 2.38 bits per heavy atom. The minimum atomic E-state index is -0.107. The third-order valence-corrected chi connectivity index (χ3v) is 4.28. The van der Waals surface area contributed by atoms with Crippen molar-refractivity contribution in [3.63, 3.8) is 0 Å². The highest BCUT2D eigenvalue weighted by molar-refractivity contribution is 5.99. The van der Waals surface area contributed by atoms with E-state index >= 15 is 0 Å². The first kappa shape index (κ1) is 16.7. The predicted octanol–water partition coefficient (Wildman–Crippen LogP) is 1.84. The maximum Gasteiger partial charge on any atom is 0.255 e. The van der Waals surface area contributed by atoms with E-state index in [1.165, 1.54) is 0 Å². The summed E-state index contributed by atoms with van der Waals surface area (Å²) in [6.07, 6.45) is 2.58. The zero-order valence-corrected chi connectivity index (χ0v) is 14.2. The van der Waals surface area contributed by atoms with E-state index in [0.29, 0.717) is 12.1 Å². The summed E-state index contributed by atoms with van der Waals surface area (Å²) in [6, 6.07) is 8.02. The molecule has 1 aliphatic heterocycles. The summed E-state index contributed by atoms with van der Waals surface area (Å²) in [5.74, 6) is -0.107. The van der Waals surface area contributed by atoms with Crippen LogP contribution >= 0.6 is 0 Å². The van der Waals surface area contributed by atoms with Crippen LogP contribution in [0.15, 0.2) is 30.5 Å². The summed E-state index contributed by atoms with van der Waals surface area (Å²) >= 11 is 0. The number of aryl methyl sites for hydroxylation is 1. The SMILES string of the molecule is Cc1cccc(-c2[nH]ncc2C(=O)NCC[C@@H]2CN(C)CCO2)c1. The zero-order chi connectivity index (χ0) is 16.9. The molecule has 1 saturated heterocycles. The molecule has 0 saturated carbocycles. The van der Waals surface area contributed by atoms with Crippen LogP contribution in [0.2, 0.25) is 0 Å². The highest BCUT2D eigenvalue weighted by atomic mass is 16.5. The molecule has 0 unspecified atom stereocenters. The topological polar surface area (TPSA) is 70.2 Å². The van der Waals surface area contributed by atoms with Crippen LogP contribution in [0.4, 0.5) is 0 Å². The Morgan fingerprint density at radius 3 is 3.17 bits per heavy atom. The molecule has 2 N–H and O–H groups in total. The van der Waals surface area contributed by atoms with Crippen LogP contribution in [-0.4, -0.2) is 60.4 Å². The largest absolute Gasteiger partial charge is 0.375 e. The lowest BCUT2D eigenvalue weighted by Crippen LogP contribution is -2.41. The fourth-order valence-electron chi connectivity index (χ4n) is 2.96. The van der Waals surface area contributed by atoms with E-state index in [9.17, 15) is 4.79 Å². The fourth-order valence-corrected chi connectivity index (χ4v) is 2.96. The van der Waals surface area contributed by atoms with Crippen LogP contribution in [0.3, 0.4) is 0 Å². The van der Waals surface area contributed by atoms with Crippen molar-refractivity contribution in [3.8, 4) is 11.3 Å². The summed E-state index contributed by atoms with van der Waals surface area (Å²) in [5.41, 5.74) is 3.44. The van der Waals surface area contributed by atoms with Crippen molar-refractivity contribution in [1.29, 1.82) is 0 Å². The van der Waals surface area contributed by atoms with Gasteiger partial charge in [0.15, 0.2) is 0 Å². The minimum absolute atomic E-state index is 0.107. The smallest absolute Gasteiger partial charge is 0.255 e. The summed E-state index contributed by atoms with van der Waals surface area (Å²) in [6.45, 7) is 5.26. The monoisotopic (exact) mass is 328 g/mol. The third kappa shape index (κ3) is 4.01. The van der Waals surface area contributed by atoms with Crippen LogP contribution in [0.5, 0.6) is 0 Å². The van der Waals surface area contributed by atoms with E-state index in [4.69, 9.17) is 4.74 Å². The Labute approximate surface area is 142 Å². The van der Waals surface area contributed by atoms with Gasteiger partial charge in [-0.05, 0) is 26.5 Å². The van der Waals surface area contributed by atoms with Gasteiger partial charge in [0.1, 0.15) is 0 Å². The fraction of sp³-hybridized carbons (Fsp3) is 0.444. The molecule has 0 radical (unpaired) electrons. The number of hydrogen-bond donors (Lipinski definition) is 2. The second-order valence-corrected chi connectivity index (χ2v) is 6.33. The minimum Gasteiger partial charge on any atom is -0.375 e. The Balaban J connectivity index is 1.59. The quantitative estimate of drug-likeness (QED) is 0.878. The first-order chi connectivity index (χ1) is 11.6. The number of hydrogen-bond acceptors (Lipinski definition) is 4. The van der Waals surface area contributed by atoms with Gasteiger partial charge in [0, 0.05) is 25.2 Å². The lowest BCUT2D eigenvalue weighted by molar-refractivity contribution is -0.0225. The van der Waals surface area contributed by atoms with Crippen molar-refractivity contribution in [2.24, 2.45) is 0 Å². The maximum absolute atomic E-state index is 12.5. The average molecular weight is 328 g/mol. The number of aromatic amines is 1. The molecule has 3 rings (SSSR count). The van der Waals surface area contributed by atoms with E-state index in [-0.39, 0.29) is 12.0 Å². The van der Waals surface area contributed by atoms with Crippen LogP contribution in [0.25, 0.3) is 11.3 Å². The molecule has 0 spiro atoms. The Kier molecular flexibility index (Phi) is 5.27. The number of H-pyrrole nitrogens is 1. The highest BCUT2D eigenvalue weighted by Crippen LogP contribution is 2.21. The molecule has 1 atom stereocenters. The lowest BCUT2D eigenvalue weighted by atomic mass is 10.1. The van der Waals surface area contributed by atoms with Crippen molar-refractivity contribution in [3.05, 3.63) is 41.6 Å². The predicted molar refractivity (Wildman–Crippen MR) is 92.9 cm³/mol. The van der Waals surface area contributed by atoms with Crippen molar-refractivity contribution in [2.45, 2.75) is 19.4 Å². The Bertz CT molecular complexity index is 698. The molecule has 2 aromatic rings. The van der Waals surface area contributed by atoms with Crippen molar-refractivity contribution < 1.29 is 9.53 Å². The molecule has 1 fully saturated rings. The number of carbonyl (C=O) groups is 1. The number of rotatable bonds is 5. The number of nitrogens with zero attached hydrogens (tertiary/aromatic N) is 2. The lowest BCUT2D eigenvalue weighted by Gasteiger charge is -2.30. The molecule has 6 nitrogen and oxygen atoms in total. The van der Waals surface area contributed by atoms with E-state index in [2.05, 4.69) is 27.5 Å². The van der Waals surface area contributed by atoms with Gasteiger partial charge in [0.05, 0.1) is 30.2 Å². The number of aromatic nitrogens is 2. The number of nitrogens with one attached hydrogen (secondary N) is 2. The standard InChI is InChI=1S/C18H24N4O2/c1-13-4-3-5-14(10-13)17-16(11-20-21-17)18(23)19-7-6-15-12-22(2)8-9-24-15/h3-5,10-11,15H,6-9,12H2,1-2H3,(H,19,23)(H,20,21)/t15-/m1/s1. The average Bonchev–Trinajstić information content (AvgIpc) is 3.04. The van der Waals surface area contributed by atoms with Crippen LogP contribution in [0, 0.1) is 6.92 Å². The molecule has 6 heteroatoms. The van der Waals surface area contributed by atoms with E-state index in [0.717, 1.165) is 42.9 Å². The van der Waals surface area contributed by atoms with Gasteiger partial charge in [-0.3, -0.25) is 9.89 Å². The maximum atomic E-state index is 12.5. The molecule has 2 heterocycles. The van der Waals surface area contributed by atoms with Crippen LogP contribution in [-0.2, 0) is 4.74 Å². The molecule has 24 heavy (non-hydrogen) atoms. The second kappa shape index (κ2) is 7.59. The van der Waals surface area contributed by atoms with Crippen LogP contribution in [0.1, 0.15) is 22.3 Å². The van der Waals surface area contributed by atoms with Crippen LogP contribution < -0.4 is 5.32 Å². The van der Waals surface area contributed by atoms with Crippen molar-refractivity contribution in [2.75, 3.05) is 33.3 Å². The highest BCUT2D eigenvalue weighted by Gasteiger charge is 2.19. The van der Waals surface area contributed by atoms with Gasteiger partial charge >= 0.3 is 0 Å². The van der Waals surface area contributed by atoms with Gasteiger partial charge in [-0.2, -0.15) is 5.10 Å². The van der Waals surface area contributed by atoms with Gasteiger partial charge in [-0.15, -0.1) is 0 Å². The van der Waals surface area contributed by atoms with Gasteiger partial charge in [0.25, 0.3) is 5.91 Å². The molecular formula is C18H24N4O2. The molecular weight excluding hydrogens is 304 g/mol. The number of amides is 1.